The fourth-order valence-corrected chi connectivity index (χ4v) is 4.12. The van der Waals surface area contributed by atoms with E-state index in [1.807, 2.05) is 17.0 Å². The van der Waals surface area contributed by atoms with E-state index in [2.05, 4.69) is 36.2 Å². The molecule has 1 unspecified atom stereocenters. The monoisotopic (exact) mass is 362 g/mol. The van der Waals surface area contributed by atoms with Gasteiger partial charge in [-0.15, -0.1) is 0 Å². The van der Waals surface area contributed by atoms with Gasteiger partial charge in [0.05, 0.1) is 0 Å². The first-order valence-electron chi connectivity index (χ1n) is 9.45. The lowest BCUT2D eigenvalue weighted by Crippen LogP contribution is -2.39. The number of fused-ring (bicyclic) bond motifs is 2. The van der Waals surface area contributed by atoms with Crippen molar-refractivity contribution in [1.82, 2.24) is 9.88 Å². The summed E-state index contributed by atoms with van der Waals surface area (Å²) in [4.78, 5) is 18.5. The highest BCUT2D eigenvalue weighted by Gasteiger charge is 2.27. The summed E-state index contributed by atoms with van der Waals surface area (Å²) in [5.74, 6) is 1.76. The molecule has 0 bridgehead atoms. The molecule has 2 aliphatic heterocycles. The van der Waals surface area contributed by atoms with Gasteiger partial charge < -0.3 is 19.4 Å². The van der Waals surface area contributed by atoms with Crippen molar-refractivity contribution >= 4 is 16.8 Å². The number of aromatic amines is 1. The van der Waals surface area contributed by atoms with Crippen LogP contribution in [0.5, 0.6) is 11.5 Å². The van der Waals surface area contributed by atoms with E-state index in [0.717, 1.165) is 31.4 Å². The Morgan fingerprint density at radius 1 is 1.11 bits per heavy atom. The summed E-state index contributed by atoms with van der Waals surface area (Å²) in [6.45, 7) is 3.86. The highest BCUT2D eigenvalue weighted by Crippen LogP contribution is 2.34. The summed E-state index contributed by atoms with van der Waals surface area (Å²) in [6, 6.07) is 14.1. The molecule has 5 rings (SSSR count). The van der Waals surface area contributed by atoms with Crippen LogP contribution in [0.4, 0.5) is 0 Å². The van der Waals surface area contributed by atoms with E-state index < -0.39 is 0 Å². The molecule has 3 heterocycles. The van der Waals surface area contributed by atoms with Crippen molar-refractivity contribution in [2.24, 2.45) is 0 Å². The van der Waals surface area contributed by atoms with Gasteiger partial charge in [0, 0.05) is 35.8 Å². The number of nitrogens with one attached hydrogen (secondary N) is 1. The number of carbonyl (C=O) groups is 1. The molecule has 1 amide bonds. The molecule has 27 heavy (non-hydrogen) atoms. The second-order valence-electron chi connectivity index (χ2n) is 7.47. The minimum atomic E-state index is 0.0601. The van der Waals surface area contributed by atoms with E-state index >= 15 is 0 Å². The van der Waals surface area contributed by atoms with E-state index in [1.165, 1.54) is 16.6 Å². The smallest absolute Gasteiger partial charge is 0.254 e. The van der Waals surface area contributed by atoms with Crippen molar-refractivity contribution in [2.45, 2.75) is 25.7 Å². The van der Waals surface area contributed by atoms with Gasteiger partial charge in [-0.3, -0.25) is 4.79 Å². The van der Waals surface area contributed by atoms with E-state index in [9.17, 15) is 4.79 Å². The number of rotatable bonds is 2. The van der Waals surface area contributed by atoms with Crippen LogP contribution in [0.2, 0.25) is 0 Å². The van der Waals surface area contributed by atoms with Crippen LogP contribution in [-0.2, 0) is 0 Å². The van der Waals surface area contributed by atoms with Gasteiger partial charge in [-0.05, 0) is 61.5 Å². The molecule has 1 fully saturated rings. The summed E-state index contributed by atoms with van der Waals surface area (Å²) < 4.78 is 10.8. The lowest BCUT2D eigenvalue weighted by atomic mass is 9.94. The highest BCUT2D eigenvalue weighted by atomic mass is 16.7. The Kier molecular flexibility index (Phi) is 3.81. The minimum Gasteiger partial charge on any atom is -0.454 e. The molecular formula is C22H22N2O3. The normalized spacial score (nSPS) is 18.9. The highest BCUT2D eigenvalue weighted by molar-refractivity contribution is 5.95. The third-order valence-electron chi connectivity index (χ3n) is 5.57. The van der Waals surface area contributed by atoms with Crippen molar-refractivity contribution in [2.75, 3.05) is 19.9 Å². The van der Waals surface area contributed by atoms with Crippen molar-refractivity contribution < 1.29 is 14.3 Å². The third kappa shape index (κ3) is 2.93. The number of amides is 1. The van der Waals surface area contributed by atoms with Crippen molar-refractivity contribution in [3.8, 4) is 11.5 Å². The summed E-state index contributed by atoms with van der Waals surface area (Å²) in [5, 5.41) is 1.24. The van der Waals surface area contributed by atoms with E-state index in [-0.39, 0.29) is 12.7 Å². The Hall–Kier alpha value is -2.95. The van der Waals surface area contributed by atoms with Gasteiger partial charge in [0.1, 0.15) is 0 Å². The van der Waals surface area contributed by atoms with E-state index in [0.29, 0.717) is 23.0 Å². The van der Waals surface area contributed by atoms with Gasteiger partial charge in [-0.25, -0.2) is 0 Å². The molecule has 5 nitrogen and oxygen atoms in total. The van der Waals surface area contributed by atoms with Gasteiger partial charge in [0.15, 0.2) is 11.5 Å². The van der Waals surface area contributed by atoms with Gasteiger partial charge in [0.2, 0.25) is 6.79 Å². The van der Waals surface area contributed by atoms with Crippen LogP contribution in [0.15, 0.2) is 42.5 Å². The molecule has 2 aromatic carbocycles. The van der Waals surface area contributed by atoms with Gasteiger partial charge in [0.25, 0.3) is 5.91 Å². The Labute approximate surface area is 157 Å². The Morgan fingerprint density at radius 2 is 2.00 bits per heavy atom. The number of carbonyl (C=O) groups excluding carboxylic acids is 1. The quantitative estimate of drug-likeness (QED) is 0.742. The molecule has 1 saturated heterocycles. The molecule has 138 valence electrons. The summed E-state index contributed by atoms with van der Waals surface area (Å²) in [6.07, 6.45) is 2.10. The number of nitrogens with zero attached hydrogens (tertiary/aromatic N) is 1. The molecule has 0 saturated carbocycles. The predicted octanol–water partition coefficient (Wildman–Crippen LogP) is 4.22. The summed E-state index contributed by atoms with van der Waals surface area (Å²) >= 11 is 0. The zero-order chi connectivity index (χ0) is 18.4. The van der Waals surface area contributed by atoms with Crippen molar-refractivity contribution in [3.63, 3.8) is 0 Å². The third-order valence-corrected chi connectivity index (χ3v) is 5.57. The number of ether oxygens (including phenoxy) is 2. The van der Waals surface area contributed by atoms with Crippen LogP contribution in [0.1, 0.15) is 40.4 Å². The standard InChI is InChI=1S/C22H22N2O3/c1-14-4-6-18-17(9-14)10-19(23-18)16-3-2-8-24(12-16)22(25)15-5-7-20-21(11-15)27-13-26-20/h4-7,9-11,16,23H,2-3,8,12-13H2,1H3. The average molecular weight is 362 g/mol. The lowest BCUT2D eigenvalue weighted by molar-refractivity contribution is 0.0705. The Morgan fingerprint density at radius 3 is 2.93 bits per heavy atom. The molecule has 1 N–H and O–H groups in total. The number of aromatic nitrogens is 1. The van der Waals surface area contributed by atoms with Crippen LogP contribution >= 0.6 is 0 Å². The maximum atomic E-state index is 13.0. The van der Waals surface area contributed by atoms with Crippen molar-refractivity contribution in [1.29, 1.82) is 0 Å². The molecule has 0 spiro atoms. The minimum absolute atomic E-state index is 0.0601. The fourth-order valence-electron chi connectivity index (χ4n) is 4.12. The first-order chi connectivity index (χ1) is 13.2. The fraction of sp³-hybridized carbons (Fsp3) is 0.318. The molecule has 0 radical (unpaired) electrons. The zero-order valence-electron chi connectivity index (χ0n) is 15.3. The molecule has 0 aliphatic carbocycles. The maximum Gasteiger partial charge on any atom is 0.254 e. The second kappa shape index (κ2) is 6.34. The number of likely N-dealkylation sites (tertiary alicyclic amines) is 1. The first kappa shape index (κ1) is 16.2. The molecular weight excluding hydrogens is 340 g/mol. The number of aryl methyl sites for hydroxylation is 1. The summed E-state index contributed by atoms with van der Waals surface area (Å²) in [7, 11) is 0. The summed E-state index contributed by atoms with van der Waals surface area (Å²) in [5.41, 5.74) is 4.30. The second-order valence-corrected chi connectivity index (χ2v) is 7.47. The molecule has 2 aliphatic rings. The van der Waals surface area contributed by atoms with Gasteiger partial charge in [-0.2, -0.15) is 0 Å². The van der Waals surface area contributed by atoms with Crippen LogP contribution in [0.25, 0.3) is 10.9 Å². The van der Waals surface area contributed by atoms with Crippen LogP contribution < -0.4 is 9.47 Å². The van der Waals surface area contributed by atoms with Gasteiger partial charge >= 0.3 is 0 Å². The van der Waals surface area contributed by atoms with E-state index in [4.69, 9.17) is 9.47 Å². The van der Waals surface area contributed by atoms with Crippen LogP contribution in [0, 0.1) is 6.92 Å². The first-order valence-corrected chi connectivity index (χ1v) is 9.45. The number of hydrogen-bond acceptors (Lipinski definition) is 3. The van der Waals surface area contributed by atoms with Gasteiger partial charge in [-0.1, -0.05) is 11.6 Å². The Bertz CT molecular complexity index is 1020. The molecule has 3 aromatic rings. The lowest BCUT2D eigenvalue weighted by Gasteiger charge is -2.32. The number of hydrogen-bond donors (Lipinski definition) is 1. The largest absolute Gasteiger partial charge is 0.454 e. The maximum absolute atomic E-state index is 13.0. The molecule has 1 atom stereocenters. The average Bonchev–Trinajstić information content (AvgIpc) is 3.33. The SMILES string of the molecule is Cc1ccc2[nH]c(C3CCCN(C(=O)c4ccc5c(c4)OCO5)C3)cc2c1. The molecule has 1 aromatic heterocycles. The topological polar surface area (TPSA) is 54.6 Å². The zero-order valence-corrected chi connectivity index (χ0v) is 15.3. The number of H-pyrrole nitrogens is 1. The number of piperidine rings is 1. The number of benzene rings is 2. The van der Waals surface area contributed by atoms with Crippen LogP contribution in [-0.4, -0.2) is 35.7 Å². The van der Waals surface area contributed by atoms with Crippen LogP contribution in [0.3, 0.4) is 0 Å². The molecule has 5 heteroatoms. The van der Waals surface area contributed by atoms with Crippen molar-refractivity contribution in [3.05, 3.63) is 59.3 Å². The predicted molar refractivity (Wildman–Crippen MR) is 103 cm³/mol. The van der Waals surface area contributed by atoms with E-state index in [1.54, 1.807) is 6.07 Å². The Balaban J connectivity index is 1.37.